The van der Waals surface area contributed by atoms with Gasteiger partial charge in [0.1, 0.15) is 0 Å². The van der Waals surface area contributed by atoms with Gasteiger partial charge in [-0.1, -0.05) is 60.7 Å². The molecule has 1 fully saturated rings. The molecule has 0 spiro atoms. The van der Waals surface area contributed by atoms with E-state index in [1.807, 2.05) is 72.8 Å². The first-order chi connectivity index (χ1) is 14.1. The first kappa shape index (κ1) is 19.5. The lowest BCUT2D eigenvalue weighted by Crippen LogP contribution is -2.49. The molecule has 0 bridgehead atoms. The summed E-state index contributed by atoms with van der Waals surface area (Å²) < 4.78 is 27.0. The highest BCUT2D eigenvalue weighted by molar-refractivity contribution is 7.89. The predicted molar refractivity (Wildman–Crippen MR) is 115 cm³/mol. The smallest absolute Gasteiger partial charge is 0.214 e. The van der Waals surface area contributed by atoms with E-state index >= 15 is 0 Å². The van der Waals surface area contributed by atoms with Gasteiger partial charge in [0, 0.05) is 31.7 Å². The van der Waals surface area contributed by atoms with Crippen LogP contribution in [-0.4, -0.2) is 54.9 Å². The van der Waals surface area contributed by atoms with E-state index in [1.165, 1.54) is 0 Å². The van der Waals surface area contributed by atoms with Crippen LogP contribution < -0.4 is 4.90 Å². The van der Waals surface area contributed by atoms with Gasteiger partial charge in [-0.05, 0) is 24.1 Å². The average Bonchev–Trinajstić information content (AvgIpc) is 2.79. The van der Waals surface area contributed by atoms with E-state index in [2.05, 4.69) is 15.1 Å². The number of aryl methyl sites for hydroxylation is 1. The monoisotopic (exact) mass is 408 g/mol. The highest BCUT2D eigenvalue weighted by atomic mass is 32.2. The van der Waals surface area contributed by atoms with Crippen LogP contribution in [0.5, 0.6) is 0 Å². The molecule has 0 atom stereocenters. The molecular formula is C22H24N4O2S. The van der Waals surface area contributed by atoms with Crippen LogP contribution in [0.1, 0.15) is 5.56 Å². The maximum atomic E-state index is 12.7. The van der Waals surface area contributed by atoms with E-state index in [0.29, 0.717) is 32.6 Å². The lowest BCUT2D eigenvalue weighted by molar-refractivity contribution is 0.383. The molecule has 1 aliphatic heterocycles. The summed E-state index contributed by atoms with van der Waals surface area (Å²) in [5.41, 5.74) is 2.90. The maximum Gasteiger partial charge on any atom is 0.214 e. The number of benzene rings is 2. The molecule has 4 rings (SSSR count). The Kier molecular flexibility index (Phi) is 5.87. The van der Waals surface area contributed by atoms with Gasteiger partial charge in [-0.3, -0.25) is 0 Å². The molecule has 0 unspecified atom stereocenters. The molecule has 0 N–H and O–H groups in total. The zero-order valence-corrected chi connectivity index (χ0v) is 17.0. The SMILES string of the molecule is O=S(=O)(CCc1ccccc1)N1CCN(c2ccc(-c3ccccc3)nn2)CC1. The van der Waals surface area contributed by atoms with Crippen molar-refractivity contribution < 1.29 is 8.42 Å². The Morgan fingerprint density at radius 3 is 2.03 bits per heavy atom. The predicted octanol–water partition coefficient (Wildman–Crippen LogP) is 2.84. The number of anilines is 1. The van der Waals surface area contributed by atoms with Crippen molar-refractivity contribution in [2.75, 3.05) is 36.8 Å². The minimum Gasteiger partial charge on any atom is -0.352 e. The minimum atomic E-state index is -3.26. The first-order valence-corrected chi connectivity index (χ1v) is 11.4. The van der Waals surface area contributed by atoms with Gasteiger partial charge in [-0.2, -0.15) is 4.31 Å². The third kappa shape index (κ3) is 4.81. The Hall–Kier alpha value is -2.77. The van der Waals surface area contributed by atoms with Crippen LogP contribution in [-0.2, 0) is 16.4 Å². The number of rotatable bonds is 6. The molecule has 6 nitrogen and oxygen atoms in total. The second-order valence-electron chi connectivity index (χ2n) is 7.08. The van der Waals surface area contributed by atoms with E-state index in [9.17, 15) is 8.42 Å². The molecule has 0 saturated carbocycles. The number of hydrogen-bond donors (Lipinski definition) is 0. The fourth-order valence-electron chi connectivity index (χ4n) is 3.47. The molecule has 0 aliphatic carbocycles. The summed E-state index contributed by atoms with van der Waals surface area (Å²) in [5, 5.41) is 8.68. The first-order valence-electron chi connectivity index (χ1n) is 9.78. The Balaban J connectivity index is 1.34. The number of nitrogens with zero attached hydrogens (tertiary/aromatic N) is 4. The van der Waals surface area contributed by atoms with Crippen molar-refractivity contribution in [3.8, 4) is 11.3 Å². The second kappa shape index (κ2) is 8.71. The molecule has 2 aromatic carbocycles. The molecule has 3 aromatic rings. The van der Waals surface area contributed by atoms with Crippen molar-refractivity contribution in [3.63, 3.8) is 0 Å². The summed E-state index contributed by atoms with van der Waals surface area (Å²) in [6, 6.07) is 23.6. The Morgan fingerprint density at radius 1 is 0.759 bits per heavy atom. The minimum absolute atomic E-state index is 0.141. The van der Waals surface area contributed by atoms with Crippen molar-refractivity contribution in [2.24, 2.45) is 0 Å². The molecule has 0 radical (unpaired) electrons. The van der Waals surface area contributed by atoms with Crippen LogP contribution in [0.3, 0.4) is 0 Å². The lowest BCUT2D eigenvalue weighted by atomic mass is 10.1. The third-order valence-electron chi connectivity index (χ3n) is 5.17. The molecule has 0 amide bonds. The zero-order chi connectivity index (χ0) is 20.1. The van der Waals surface area contributed by atoms with Crippen LogP contribution in [0.25, 0.3) is 11.3 Å². The van der Waals surface area contributed by atoms with Gasteiger partial charge in [0.15, 0.2) is 5.82 Å². The van der Waals surface area contributed by atoms with Crippen molar-refractivity contribution in [1.29, 1.82) is 0 Å². The summed E-state index contributed by atoms with van der Waals surface area (Å²) in [4.78, 5) is 2.09. The Labute approximate surface area is 171 Å². The van der Waals surface area contributed by atoms with Crippen LogP contribution in [0.2, 0.25) is 0 Å². The maximum absolute atomic E-state index is 12.7. The Bertz CT molecular complexity index is 1020. The molecule has 2 heterocycles. The summed E-state index contributed by atoms with van der Waals surface area (Å²) in [6.45, 7) is 2.17. The van der Waals surface area contributed by atoms with Crippen LogP contribution in [0.15, 0.2) is 72.8 Å². The van der Waals surface area contributed by atoms with Crippen LogP contribution >= 0.6 is 0 Å². The van der Waals surface area contributed by atoms with E-state index in [-0.39, 0.29) is 5.75 Å². The fraction of sp³-hybridized carbons (Fsp3) is 0.273. The molecule has 1 saturated heterocycles. The molecule has 29 heavy (non-hydrogen) atoms. The van der Waals surface area contributed by atoms with Gasteiger partial charge < -0.3 is 4.90 Å². The van der Waals surface area contributed by atoms with E-state index < -0.39 is 10.0 Å². The van der Waals surface area contributed by atoms with Gasteiger partial charge >= 0.3 is 0 Å². The Morgan fingerprint density at radius 2 is 1.41 bits per heavy atom. The number of aromatic nitrogens is 2. The summed E-state index contributed by atoms with van der Waals surface area (Å²) >= 11 is 0. The molecule has 7 heteroatoms. The molecular weight excluding hydrogens is 384 g/mol. The number of piperazine rings is 1. The summed E-state index contributed by atoms with van der Waals surface area (Å²) in [5.74, 6) is 0.925. The standard InChI is InChI=1S/C22H24N4O2S/c27-29(28,18-13-19-7-3-1-4-8-19)26-16-14-25(15-17-26)22-12-11-21(23-24-22)20-9-5-2-6-10-20/h1-12H,13-18H2. The van der Waals surface area contributed by atoms with Gasteiger partial charge in [-0.25, -0.2) is 8.42 Å². The zero-order valence-electron chi connectivity index (χ0n) is 16.2. The molecule has 1 aromatic heterocycles. The highest BCUT2D eigenvalue weighted by Crippen LogP contribution is 2.20. The van der Waals surface area contributed by atoms with E-state index in [1.54, 1.807) is 4.31 Å². The van der Waals surface area contributed by atoms with Crippen molar-refractivity contribution in [3.05, 3.63) is 78.4 Å². The van der Waals surface area contributed by atoms with Crippen molar-refractivity contribution in [2.45, 2.75) is 6.42 Å². The fourth-order valence-corrected chi connectivity index (χ4v) is 4.94. The second-order valence-corrected chi connectivity index (χ2v) is 9.17. The van der Waals surface area contributed by atoms with Gasteiger partial charge in [0.05, 0.1) is 11.4 Å². The van der Waals surface area contributed by atoms with Gasteiger partial charge in [-0.15, -0.1) is 10.2 Å². The van der Waals surface area contributed by atoms with Crippen LogP contribution in [0, 0.1) is 0 Å². The van der Waals surface area contributed by atoms with Gasteiger partial charge in [0.2, 0.25) is 10.0 Å². The lowest BCUT2D eigenvalue weighted by Gasteiger charge is -2.34. The normalized spacial score (nSPS) is 15.4. The molecule has 1 aliphatic rings. The van der Waals surface area contributed by atoms with E-state index in [0.717, 1.165) is 22.6 Å². The van der Waals surface area contributed by atoms with Crippen LogP contribution in [0.4, 0.5) is 5.82 Å². The number of sulfonamides is 1. The topological polar surface area (TPSA) is 66.4 Å². The van der Waals surface area contributed by atoms with Crippen molar-refractivity contribution >= 4 is 15.8 Å². The van der Waals surface area contributed by atoms with E-state index in [4.69, 9.17) is 0 Å². The van der Waals surface area contributed by atoms with Gasteiger partial charge in [0.25, 0.3) is 0 Å². The largest absolute Gasteiger partial charge is 0.352 e. The number of hydrogen-bond acceptors (Lipinski definition) is 5. The molecule has 150 valence electrons. The summed E-state index contributed by atoms with van der Waals surface area (Å²) in [7, 11) is -3.26. The summed E-state index contributed by atoms with van der Waals surface area (Å²) in [6.07, 6.45) is 0.538. The van der Waals surface area contributed by atoms with Crippen molar-refractivity contribution in [1.82, 2.24) is 14.5 Å². The quantitative estimate of drug-likeness (QED) is 0.627. The highest BCUT2D eigenvalue weighted by Gasteiger charge is 2.27. The third-order valence-corrected chi connectivity index (χ3v) is 7.04. The average molecular weight is 409 g/mol.